The molecule has 1 fully saturated rings. The molecule has 2 N–H and O–H groups in total. The van der Waals surface area contributed by atoms with E-state index in [1.807, 2.05) is 6.07 Å². The van der Waals surface area contributed by atoms with Crippen LogP contribution in [0.5, 0.6) is 0 Å². The molecular weight excluding hydrogens is 296 g/mol. The Morgan fingerprint density at radius 3 is 2.59 bits per heavy atom. The molecule has 2 rings (SSSR count). The van der Waals surface area contributed by atoms with Gasteiger partial charge < -0.3 is 5.73 Å². The Morgan fingerprint density at radius 1 is 1.35 bits per heavy atom. The molecule has 0 aromatic heterocycles. The number of nitrogens with zero attached hydrogens (tertiary/aromatic N) is 1. The van der Waals surface area contributed by atoms with Crippen molar-refractivity contribution < 1.29 is 0 Å². The predicted molar refractivity (Wildman–Crippen MR) is 78.9 cm³/mol. The van der Waals surface area contributed by atoms with Crippen molar-refractivity contribution in [3.8, 4) is 0 Å². The minimum absolute atomic E-state index is 0.445. The molecule has 0 aliphatic carbocycles. The Morgan fingerprint density at radius 2 is 2.00 bits per heavy atom. The topological polar surface area (TPSA) is 29.3 Å². The smallest absolute Gasteiger partial charge is 0.0759 e. The first kappa shape index (κ1) is 13.0. The lowest BCUT2D eigenvalue weighted by Crippen LogP contribution is -2.37. The molecule has 0 spiro atoms. The third kappa shape index (κ3) is 3.50. The van der Waals surface area contributed by atoms with Crippen LogP contribution in [-0.4, -0.2) is 23.0 Å². The minimum Gasteiger partial charge on any atom is -0.393 e. The number of halogens is 1. The maximum absolute atomic E-state index is 5.69. The van der Waals surface area contributed by atoms with Gasteiger partial charge in [-0.05, 0) is 37.6 Å². The molecule has 1 aliphatic heterocycles. The van der Waals surface area contributed by atoms with Crippen LogP contribution in [-0.2, 0) is 6.54 Å². The summed E-state index contributed by atoms with van der Waals surface area (Å²) in [6.07, 6.45) is 2.19. The largest absolute Gasteiger partial charge is 0.393 e. The third-order valence-electron chi connectivity index (χ3n) is 3.34. The standard InChI is InChI=1S/C13H17BrN2S/c14-12-4-2-1-3-11(12)9-16-7-5-10(6-8-16)13(15)17/h1-4,10H,5-9H2,(H2,15,17). The van der Waals surface area contributed by atoms with Gasteiger partial charge in [-0.25, -0.2) is 0 Å². The van der Waals surface area contributed by atoms with E-state index in [4.69, 9.17) is 18.0 Å². The lowest BCUT2D eigenvalue weighted by atomic mass is 9.96. The van der Waals surface area contributed by atoms with Gasteiger partial charge >= 0.3 is 0 Å². The molecule has 2 nitrogen and oxygen atoms in total. The molecule has 92 valence electrons. The van der Waals surface area contributed by atoms with E-state index in [-0.39, 0.29) is 0 Å². The van der Waals surface area contributed by atoms with Gasteiger partial charge in [0.1, 0.15) is 0 Å². The molecule has 0 saturated carbocycles. The molecule has 1 aromatic rings. The van der Waals surface area contributed by atoms with Gasteiger partial charge in [0.15, 0.2) is 0 Å². The fraction of sp³-hybridized carbons (Fsp3) is 0.462. The van der Waals surface area contributed by atoms with Crippen molar-refractivity contribution >= 4 is 33.1 Å². The van der Waals surface area contributed by atoms with Gasteiger partial charge in [0, 0.05) is 16.9 Å². The monoisotopic (exact) mass is 312 g/mol. The highest BCUT2D eigenvalue weighted by molar-refractivity contribution is 9.10. The van der Waals surface area contributed by atoms with Crippen LogP contribution < -0.4 is 5.73 Å². The van der Waals surface area contributed by atoms with Gasteiger partial charge in [0.05, 0.1) is 4.99 Å². The minimum atomic E-state index is 0.445. The van der Waals surface area contributed by atoms with Crippen molar-refractivity contribution in [3.63, 3.8) is 0 Å². The van der Waals surface area contributed by atoms with Gasteiger partial charge in [-0.1, -0.05) is 46.3 Å². The zero-order valence-corrected chi connectivity index (χ0v) is 12.1. The van der Waals surface area contributed by atoms with Crippen LogP contribution in [0.3, 0.4) is 0 Å². The summed E-state index contributed by atoms with van der Waals surface area (Å²) in [5, 5.41) is 0. The summed E-state index contributed by atoms with van der Waals surface area (Å²) in [7, 11) is 0. The molecule has 1 aromatic carbocycles. The highest BCUT2D eigenvalue weighted by atomic mass is 79.9. The number of rotatable bonds is 3. The molecular formula is C13H17BrN2S. The van der Waals surface area contributed by atoms with Gasteiger partial charge in [0.2, 0.25) is 0 Å². The summed E-state index contributed by atoms with van der Waals surface area (Å²) in [6.45, 7) is 3.18. The van der Waals surface area contributed by atoms with Crippen LogP contribution in [0.1, 0.15) is 18.4 Å². The average Bonchev–Trinajstić information content (AvgIpc) is 2.33. The fourth-order valence-corrected chi connectivity index (χ4v) is 2.89. The number of likely N-dealkylation sites (tertiary alicyclic amines) is 1. The Kier molecular flexibility index (Phi) is 4.54. The number of benzene rings is 1. The SMILES string of the molecule is NC(=S)C1CCN(Cc2ccccc2Br)CC1. The maximum atomic E-state index is 5.69. The van der Waals surface area contributed by atoms with Gasteiger partial charge in [0.25, 0.3) is 0 Å². The molecule has 0 amide bonds. The van der Waals surface area contributed by atoms with Crippen molar-refractivity contribution in [1.82, 2.24) is 4.90 Å². The van der Waals surface area contributed by atoms with Crippen molar-refractivity contribution in [3.05, 3.63) is 34.3 Å². The lowest BCUT2D eigenvalue weighted by Gasteiger charge is -2.31. The van der Waals surface area contributed by atoms with E-state index in [0.717, 1.165) is 32.5 Å². The highest BCUT2D eigenvalue weighted by Gasteiger charge is 2.21. The Labute approximate surface area is 116 Å². The summed E-state index contributed by atoms with van der Waals surface area (Å²) in [5.74, 6) is 0.445. The van der Waals surface area contributed by atoms with Crippen LogP contribution in [0, 0.1) is 5.92 Å². The first-order chi connectivity index (χ1) is 8.16. The molecule has 0 unspecified atom stereocenters. The first-order valence-corrected chi connectivity index (χ1v) is 7.12. The zero-order chi connectivity index (χ0) is 12.3. The summed E-state index contributed by atoms with van der Waals surface area (Å²) in [5.41, 5.74) is 7.04. The summed E-state index contributed by atoms with van der Waals surface area (Å²) < 4.78 is 1.19. The van der Waals surface area contributed by atoms with E-state index in [0.29, 0.717) is 10.9 Å². The number of piperidine rings is 1. The van der Waals surface area contributed by atoms with Crippen molar-refractivity contribution in [2.45, 2.75) is 19.4 Å². The summed E-state index contributed by atoms with van der Waals surface area (Å²) >= 11 is 8.65. The Balaban J connectivity index is 1.90. The zero-order valence-electron chi connectivity index (χ0n) is 9.73. The second-order valence-corrected chi connectivity index (χ2v) is 5.87. The average molecular weight is 313 g/mol. The maximum Gasteiger partial charge on any atom is 0.0759 e. The second kappa shape index (κ2) is 5.94. The van der Waals surface area contributed by atoms with E-state index < -0.39 is 0 Å². The lowest BCUT2D eigenvalue weighted by molar-refractivity contribution is 0.202. The predicted octanol–water partition coefficient (Wildman–Crippen LogP) is 2.95. The Bertz CT molecular complexity index is 400. The third-order valence-corrected chi connectivity index (χ3v) is 4.45. The molecule has 1 saturated heterocycles. The van der Waals surface area contributed by atoms with Crippen LogP contribution in [0.25, 0.3) is 0 Å². The molecule has 1 heterocycles. The van der Waals surface area contributed by atoms with E-state index in [1.54, 1.807) is 0 Å². The van der Waals surface area contributed by atoms with Crippen molar-refractivity contribution in [1.29, 1.82) is 0 Å². The summed E-state index contributed by atoms with van der Waals surface area (Å²) in [4.78, 5) is 3.15. The molecule has 4 heteroatoms. The van der Waals surface area contributed by atoms with E-state index in [1.165, 1.54) is 10.0 Å². The molecule has 0 bridgehead atoms. The van der Waals surface area contributed by atoms with Crippen LogP contribution in [0.15, 0.2) is 28.7 Å². The second-order valence-electron chi connectivity index (χ2n) is 4.54. The fourth-order valence-electron chi connectivity index (χ4n) is 2.24. The van der Waals surface area contributed by atoms with E-state index >= 15 is 0 Å². The van der Waals surface area contributed by atoms with Crippen LogP contribution >= 0.6 is 28.1 Å². The molecule has 0 radical (unpaired) electrons. The van der Waals surface area contributed by atoms with Gasteiger partial charge in [-0.3, -0.25) is 4.90 Å². The summed E-state index contributed by atoms with van der Waals surface area (Å²) in [6, 6.07) is 8.40. The molecule has 0 atom stereocenters. The molecule has 17 heavy (non-hydrogen) atoms. The van der Waals surface area contributed by atoms with Crippen LogP contribution in [0.4, 0.5) is 0 Å². The quantitative estimate of drug-likeness (QED) is 0.870. The normalized spacial score (nSPS) is 18.2. The first-order valence-electron chi connectivity index (χ1n) is 5.92. The highest BCUT2D eigenvalue weighted by Crippen LogP contribution is 2.22. The molecule has 1 aliphatic rings. The Hall–Kier alpha value is -0.450. The number of hydrogen-bond acceptors (Lipinski definition) is 2. The van der Waals surface area contributed by atoms with Crippen LogP contribution in [0.2, 0.25) is 0 Å². The van der Waals surface area contributed by atoms with Gasteiger partial charge in [-0.2, -0.15) is 0 Å². The van der Waals surface area contributed by atoms with Crippen molar-refractivity contribution in [2.24, 2.45) is 11.7 Å². The number of hydrogen-bond donors (Lipinski definition) is 1. The van der Waals surface area contributed by atoms with E-state index in [2.05, 4.69) is 39.0 Å². The van der Waals surface area contributed by atoms with Gasteiger partial charge in [-0.15, -0.1) is 0 Å². The number of nitrogens with two attached hydrogens (primary N) is 1. The van der Waals surface area contributed by atoms with Crippen molar-refractivity contribution in [2.75, 3.05) is 13.1 Å². The van der Waals surface area contributed by atoms with E-state index in [9.17, 15) is 0 Å². The number of thiocarbonyl (C=S) groups is 1.